The fourth-order valence-electron chi connectivity index (χ4n) is 0.622. The first-order chi connectivity index (χ1) is 5.57. The van der Waals surface area contributed by atoms with Gasteiger partial charge in [-0.3, -0.25) is 4.79 Å². The first-order valence-electron chi connectivity index (χ1n) is 3.82. The Hall–Kier alpha value is -0.350. The van der Waals surface area contributed by atoms with Gasteiger partial charge in [-0.1, -0.05) is 0 Å². The van der Waals surface area contributed by atoms with Crippen molar-refractivity contribution in [1.29, 1.82) is 0 Å². The molecule has 0 aliphatic heterocycles. The molecule has 0 saturated heterocycles. The number of hydrogen-bond donors (Lipinski definition) is 1. The number of Topliss-reactive ketones (excluding diaryl/α,β-unsaturated/α-hetero) is 1. The number of nitrogens with one attached hydrogen (secondary N) is 1. The molecule has 0 saturated carbocycles. The summed E-state index contributed by atoms with van der Waals surface area (Å²) in [5.41, 5.74) is 0. The van der Waals surface area contributed by atoms with Gasteiger partial charge in [-0.15, -0.1) is 0 Å². The Morgan fingerprint density at radius 1 is 1.91 bits per heavy atom. The van der Waals surface area contributed by atoms with Crippen molar-refractivity contribution < 1.29 is 11.0 Å². The Morgan fingerprint density at radius 3 is 2.91 bits per heavy atom. The van der Waals surface area contributed by atoms with E-state index in [4.69, 9.17) is 1.37 Å². The minimum atomic E-state index is -0.599. The fourth-order valence-corrected chi connectivity index (χ4v) is 1.46. The predicted octanol–water partition coefficient (Wildman–Crippen LogP) is 0.0955. The van der Waals surface area contributed by atoms with Crippen LogP contribution in [0.15, 0.2) is 0 Å². The van der Waals surface area contributed by atoms with Crippen molar-refractivity contribution in [2.45, 2.75) is 13.0 Å². The second kappa shape index (κ2) is 6.37. The molecular weight excluding hydrogens is 162 g/mol. The van der Waals surface area contributed by atoms with E-state index < -0.39 is 6.26 Å². The SMILES string of the molecule is [3H]C(=O)CSCC(NC)C(C)=O. The number of ketones is 1. The maximum atomic E-state index is 10.8. The molecule has 64 valence electrons. The normalized spacial score (nSPS) is 13.8. The van der Waals surface area contributed by atoms with Crippen molar-refractivity contribution in [3.8, 4) is 0 Å². The molecule has 0 aliphatic carbocycles. The zero-order valence-electron chi connectivity index (χ0n) is 7.72. The second-order valence-corrected chi connectivity index (χ2v) is 3.14. The van der Waals surface area contributed by atoms with E-state index in [9.17, 15) is 9.59 Å². The molecule has 0 amide bonds. The topological polar surface area (TPSA) is 46.2 Å². The van der Waals surface area contributed by atoms with Crippen molar-refractivity contribution in [2.24, 2.45) is 0 Å². The summed E-state index contributed by atoms with van der Waals surface area (Å²) in [5.74, 6) is 0.768. The minimum Gasteiger partial charge on any atom is -0.310 e. The van der Waals surface area contributed by atoms with E-state index in [0.29, 0.717) is 5.75 Å². The molecule has 0 rings (SSSR count). The molecule has 0 radical (unpaired) electrons. The van der Waals surface area contributed by atoms with Crippen LogP contribution in [0.25, 0.3) is 0 Å². The highest BCUT2D eigenvalue weighted by Crippen LogP contribution is 2.01. The Bertz CT molecular complexity index is 175. The van der Waals surface area contributed by atoms with Crippen molar-refractivity contribution >= 4 is 23.8 Å². The highest BCUT2D eigenvalue weighted by atomic mass is 32.2. The lowest BCUT2D eigenvalue weighted by molar-refractivity contribution is -0.118. The molecule has 0 aromatic heterocycles. The van der Waals surface area contributed by atoms with Crippen LogP contribution in [0.3, 0.4) is 0 Å². The van der Waals surface area contributed by atoms with Gasteiger partial charge >= 0.3 is 0 Å². The summed E-state index contributed by atoms with van der Waals surface area (Å²) in [7, 11) is 1.70. The van der Waals surface area contributed by atoms with E-state index >= 15 is 0 Å². The van der Waals surface area contributed by atoms with Crippen LogP contribution in [0.4, 0.5) is 0 Å². The van der Waals surface area contributed by atoms with Crippen LogP contribution in [0.1, 0.15) is 8.29 Å². The van der Waals surface area contributed by atoms with Gasteiger partial charge in [0.15, 0.2) is 0 Å². The summed E-state index contributed by atoms with van der Waals surface area (Å²) in [6, 6.07) is -0.200. The van der Waals surface area contributed by atoms with Gasteiger partial charge in [0.25, 0.3) is 0 Å². The van der Waals surface area contributed by atoms with Gasteiger partial charge in [-0.05, 0) is 14.0 Å². The van der Waals surface area contributed by atoms with Crippen molar-refractivity contribution in [3.05, 3.63) is 0 Å². The van der Waals surface area contributed by atoms with E-state index in [1.165, 1.54) is 18.7 Å². The first kappa shape index (κ1) is 8.74. The second-order valence-electron chi connectivity index (χ2n) is 2.11. The Labute approximate surface area is 72.3 Å². The smallest absolute Gasteiger partial charge is 0.147 e. The van der Waals surface area contributed by atoms with Crippen molar-refractivity contribution in [2.75, 3.05) is 18.6 Å². The first-order valence-corrected chi connectivity index (χ1v) is 4.48. The number of hydrogen-bond acceptors (Lipinski definition) is 4. The van der Waals surface area contributed by atoms with E-state index in [-0.39, 0.29) is 17.6 Å². The van der Waals surface area contributed by atoms with E-state index in [0.717, 1.165) is 0 Å². The number of thioether (sulfide) groups is 1. The summed E-state index contributed by atoms with van der Waals surface area (Å²) in [6.07, 6.45) is -0.599. The van der Waals surface area contributed by atoms with Crippen LogP contribution < -0.4 is 5.32 Å². The van der Waals surface area contributed by atoms with E-state index in [2.05, 4.69) is 5.32 Å². The molecular formula is C7H13NO2S. The highest BCUT2D eigenvalue weighted by molar-refractivity contribution is 7.99. The van der Waals surface area contributed by atoms with Crippen LogP contribution in [-0.4, -0.2) is 36.6 Å². The number of aldehydes is 1. The number of rotatable bonds is 6. The van der Waals surface area contributed by atoms with E-state index in [1.807, 2.05) is 0 Å². The van der Waals surface area contributed by atoms with Crippen LogP contribution >= 0.6 is 11.8 Å². The van der Waals surface area contributed by atoms with Gasteiger partial charge in [0.1, 0.15) is 13.4 Å². The lowest BCUT2D eigenvalue weighted by atomic mass is 10.2. The quantitative estimate of drug-likeness (QED) is 0.584. The summed E-state index contributed by atoms with van der Waals surface area (Å²) in [4.78, 5) is 21.1. The molecule has 1 atom stereocenters. The molecule has 0 spiro atoms. The third-order valence-corrected chi connectivity index (χ3v) is 2.18. The predicted molar refractivity (Wildman–Crippen MR) is 46.9 cm³/mol. The lowest BCUT2D eigenvalue weighted by Crippen LogP contribution is -2.34. The molecule has 1 N–H and O–H groups in total. The van der Waals surface area contributed by atoms with Gasteiger partial charge in [0.2, 0.25) is 0 Å². The molecule has 0 aromatic carbocycles. The van der Waals surface area contributed by atoms with Crippen LogP contribution in [0.5, 0.6) is 0 Å². The van der Waals surface area contributed by atoms with Gasteiger partial charge in [0, 0.05) is 11.5 Å². The van der Waals surface area contributed by atoms with Gasteiger partial charge < -0.3 is 10.1 Å². The molecule has 0 fully saturated rings. The maximum absolute atomic E-state index is 10.8. The van der Waals surface area contributed by atoms with E-state index in [1.54, 1.807) is 7.05 Å². The largest absolute Gasteiger partial charge is 0.310 e. The molecule has 0 bridgehead atoms. The fraction of sp³-hybridized carbons (Fsp3) is 0.714. The Balaban J connectivity index is 3.59. The zero-order chi connectivity index (χ0) is 9.56. The third-order valence-electron chi connectivity index (χ3n) is 1.28. The zero-order valence-corrected chi connectivity index (χ0v) is 7.53. The average Bonchev–Trinajstić information content (AvgIpc) is 1.96. The standard InChI is InChI=1S/C7H13NO2S/c1-6(10)7(8-2)5-11-4-3-9/h3,7-8H,4-5H2,1-2H3/i3T. The summed E-state index contributed by atoms with van der Waals surface area (Å²) in [6.45, 7) is 1.50. The molecule has 4 heteroatoms. The molecule has 0 heterocycles. The Kier molecular flexibility index (Phi) is 5.06. The van der Waals surface area contributed by atoms with Gasteiger partial charge in [0.05, 0.1) is 6.04 Å². The average molecular weight is 177 g/mol. The van der Waals surface area contributed by atoms with Crippen molar-refractivity contribution in [1.82, 2.24) is 5.32 Å². The molecule has 11 heavy (non-hydrogen) atoms. The summed E-state index contributed by atoms with van der Waals surface area (Å²) < 4.78 is 6.62. The van der Waals surface area contributed by atoms with Crippen molar-refractivity contribution in [3.63, 3.8) is 0 Å². The lowest BCUT2D eigenvalue weighted by Gasteiger charge is -2.10. The van der Waals surface area contributed by atoms with Gasteiger partial charge in [-0.25, -0.2) is 0 Å². The molecule has 0 aromatic rings. The maximum Gasteiger partial charge on any atom is 0.147 e. The summed E-state index contributed by atoms with van der Waals surface area (Å²) in [5, 5.41) is 2.83. The monoisotopic (exact) mass is 177 g/mol. The number of carbonyl (C=O) groups excluding carboxylic acids is 2. The number of likely N-dealkylation sites (N-methyl/N-ethyl adjacent to an activating group) is 1. The summed E-state index contributed by atoms with van der Waals surface area (Å²) >= 11 is 1.30. The molecule has 0 aliphatic rings. The molecule has 3 nitrogen and oxygen atoms in total. The third kappa shape index (κ3) is 4.98. The molecule has 1 unspecified atom stereocenters. The van der Waals surface area contributed by atoms with Crippen LogP contribution in [-0.2, 0) is 9.59 Å². The van der Waals surface area contributed by atoms with Crippen LogP contribution in [0, 0.1) is 0 Å². The van der Waals surface area contributed by atoms with Crippen LogP contribution in [0.2, 0.25) is 0 Å². The number of carbonyl (C=O) groups is 2. The highest BCUT2D eigenvalue weighted by Gasteiger charge is 2.09. The Morgan fingerprint density at radius 2 is 2.55 bits per heavy atom. The minimum absolute atomic E-state index is 0.0578. The van der Waals surface area contributed by atoms with Gasteiger partial charge in [-0.2, -0.15) is 11.8 Å².